The van der Waals surface area contributed by atoms with Gasteiger partial charge in [0.1, 0.15) is 0 Å². The molecule has 2 fully saturated rings. The summed E-state index contributed by atoms with van der Waals surface area (Å²) in [7, 11) is 0. The average Bonchev–Trinajstić information content (AvgIpc) is 3.24. The van der Waals surface area contributed by atoms with Gasteiger partial charge in [0.05, 0.1) is 16.1 Å². The predicted molar refractivity (Wildman–Crippen MR) is 108 cm³/mol. The van der Waals surface area contributed by atoms with Gasteiger partial charge in [0.2, 0.25) is 11.8 Å². The topological polar surface area (TPSA) is 66.4 Å². The van der Waals surface area contributed by atoms with Crippen LogP contribution in [0.2, 0.25) is 0 Å². The van der Waals surface area contributed by atoms with Crippen LogP contribution in [-0.2, 0) is 9.59 Å². The molecule has 142 valence electrons. The number of hydrogen-bond acceptors (Lipinski definition) is 5. The molecule has 2 aliphatic rings. The highest BCUT2D eigenvalue weighted by Gasteiger charge is 2.42. The molecular formula is C21H20N4O2S. The molecule has 3 aromatic rings. The number of pyridine rings is 1. The molecule has 2 aliphatic heterocycles. The fourth-order valence-corrected chi connectivity index (χ4v) is 5.00. The fraction of sp³-hybridized carbons (Fsp3) is 0.333. The third-order valence-corrected chi connectivity index (χ3v) is 6.58. The van der Waals surface area contributed by atoms with Gasteiger partial charge >= 0.3 is 0 Å². The minimum Gasteiger partial charge on any atom is -0.341 e. The lowest BCUT2D eigenvalue weighted by Gasteiger charge is -2.40. The van der Waals surface area contributed by atoms with Crippen LogP contribution in [-0.4, -0.2) is 46.3 Å². The number of carbonyl (C=O) groups excluding carboxylic acids is 2. The van der Waals surface area contributed by atoms with Gasteiger partial charge in [0, 0.05) is 43.9 Å². The number of nitrogens with zero attached hydrogens (tertiary/aromatic N) is 4. The number of rotatable bonds is 3. The lowest BCUT2D eigenvalue weighted by molar-refractivity contribution is -0.140. The Morgan fingerprint density at radius 1 is 1.18 bits per heavy atom. The normalized spacial score (nSPS) is 20.0. The molecule has 1 aromatic carbocycles. The zero-order chi connectivity index (χ0) is 19.3. The van der Waals surface area contributed by atoms with Crippen molar-refractivity contribution in [3.05, 3.63) is 53.9 Å². The van der Waals surface area contributed by atoms with Gasteiger partial charge in [-0.3, -0.25) is 19.5 Å². The number of amides is 2. The van der Waals surface area contributed by atoms with Crippen LogP contribution in [0, 0.1) is 12.8 Å². The molecule has 2 amide bonds. The first kappa shape index (κ1) is 17.3. The SMILES string of the molecule is Cc1ccc2nc(N3CC(C(=O)N4CC(c5ccccn5)C4)CC3=O)sc2c1. The van der Waals surface area contributed by atoms with Crippen molar-refractivity contribution in [2.75, 3.05) is 24.5 Å². The molecule has 1 unspecified atom stereocenters. The molecule has 5 rings (SSSR count). The molecule has 0 N–H and O–H groups in total. The Morgan fingerprint density at radius 2 is 2.04 bits per heavy atom. The van der Waals surface area contributed by atoms with Gasteiger partial charge < -0.3 is 4.90 Å². The van der Waals surface area contributed by atoms with E-state index in [9.17, 15) is 9.59 Å². The predicted octanol–water partition coefficient (Wildman–Crippen LogP) is 2.98. The number of likely N-dealkylation sites (tertiary alicyclic amines) is 1. The van der Waals surface area contributed by atoms with Crippen LogP contribution < -0.4 is 4.90 Å². The summed E-state index contributed by atoms with van der Waals surface area (Å²) in [5.74, 6) is 0.0627. The van der Waals surface area contributed by atoms with Crippen molar-refractivity contribution in [3.63, 3.8) is 0 Å². The van der Waals surface area contributed by atoms with E-state index in [-0.39, 0.29) is 24.2 Å². The highest BCUT2D eigenvalue weighted by molar-refractivity contribution is 7.22. The van der Waals surface area contributed by atoms with E-state index in [1.54, 1.807) is 11.1 Å². The van der Waals surface area contributed by atoms with Crippen molar-refractivity contribution in [2.24, 2.45) is 5.92 Å². The summed E-state index contributed by atoms with van der Waals surface area (Å²) in [6, 6.07) is 11.9. The molecule has 0 radical (unpaired) electrons. The van der Waals surface area contributed by atoms with Gasteiger partial charge in [-0.05, 0) is 36.8 Å². The number of fused-ring (bicyclic) bond motifs is 1. The second-order valence-corrected chi connectivity index (χ2v) is 8.58. The van der Waals surface area contributed by atoms with Gasteiger partial charge in [-0.15, -0.1) is 0 Å². The first-order valence-electron chi connectivity index (χ1n) is 9.46. The molecule has 0 aliphatic carbocycles. The summed E-state index contributed by atoms with van der Waals surface area (Å²) in [5.41, 5.74) is 3.10. The molecule has 0 saturated carbocycles. The molecule has 0 spiro atoms. The first-order valence-corrected chi connectivity index (χ1v) is 10.3. The summed E-state index contributed by atoms with van der Waals surface area (Å²) < 4.78 is 1.07. The van der Waals surface area contributed by atoms with E-state index < -0.39 is 0 Å². The Morgan fingerprint density at radius 3 is 2.82 bits per heavy atom. The lowest BCUT2D eigenvalue weighted by Crippen LogP contribution is -2.51. The van der Waals surface area contributed by atoms with E-state index in [0.717, 1.165) is 15.9 Å². The number of thiazole rings is 1. The third-order valence-electron chi connectivity index (χ3n) is 5.54. The van der Waals surface area contributed by atoms with Gasteiger partial charge in [-0.1, -0.05) is 23.5 Å². The molecule has 6 nitrogen and oxygen atoms in total. The number of anilines is 1. The van der Waals surface area contributed by atoms with Crippen molar-refractivity contribution in [3.8, 4) is 0 Å². The van der Waals surface area contributed by atoms with Crippen LogP contribution in [0.15, 0.2) is 42.6 Å². The maximum Gasteiger partial charge on any atom is 0.229 e. The van der Waals surface area contributed by atoms with Crippen molar-refractivity contribution < 1.29 is 9.59 Å². The molecule has 7 heteroatoms. The summed E-state index contributed by atoms with van der Waals surface area (Å²) in [5, 5.41) is 0.691. The van der Waals surface area contributed by atoms with Crippen LogP contribution in [0.1, 0.15) is 23.6 Å². The van der Waals surface area contributed by atoms with Crippen molar-refractivity contribution >= 4 is 38.5 Å². The van der Waals surface area contributed by atoms with Crippen LogP contribution in [0.3, 0.4) is 0 Å². The first-order chi connectivity index (χ1) is 13.6. The monoisotopic (exact) mass is 392 g/mol. The van der Waals surface area contributed by atoms with E-state index in [1.807, 2.05) is 42.2 Å². The average molecular weight is 392 g/mol. The van der Waals surface area contributed by atoms with E-state index in [0.29, 0.717) is 30.7 Å². The van der Waals surface area contributed by atoms with Crippen LogP contribution >= 0.6 is 11.3 Å². The van der Waals surface area contributed by atoms with E-state index >= 15 is 0 Å². The van der Waals surface area contributed by atoms with E-state index in [1.165, 1.54) is 16.9 Å². The summed E-state index contributed by atoms with van der Waals surface area (Å²) in [6.45, 7) is 3.82. The number of aryl methyl sites for hydroxylation is 1. The standard InChI is InChI=1S/C21H20N4O2S/c1-13-5-6-17-18(8-13)28-21(23-17)25-12-14(9-19(25)26)20(27)24-10-15(11-24)16-4-2-3-7-22-16/h2-8,14-15H,9-12H2,1H3. The summed E-state index contributed by atoms with van der Waals surface area (Å²) in [6.07, 6.45) is 2.05. The molecule has 2 saturated heterocycles. The van der Waals surface area contributed by atoms with Crippen molar-refractivity contribution in [1.82, 2.24) is 14.9 Å². The van der Waals surface area contributed by atoms with Gasteiger partial charge in [0.25, 0.3) is 0 Å². The molecular weight excluding hydrogens is 372 g/mol. The molecule has 0 bridgehead atoms. The Balaban J connectivity index is 1.26. The van der Waals surface area contributed by atoms with Crippen molar-refractivity contribution in [1.29, 1.82) is 0 Å². The molecule has 1 atom stereocenters. The highest BCUT2D eigenvalue weighted by Crippen LogP contribution is 2.35. The number of carbonyl (C=O) groups is 2. The maximum absolute atomic E-state index is 12.9. The van der Waals surface area contributed by atoms with Crippen LogP contribution in [0.25, 0.3) is 10.2 Å². The van der Waals surface area contributed by atoms with E-state index in [4.69, 9.17) is 0 Å². The van der Waals surface area contributed by atoms with Crippen LogP contribution in [0.5, 0.6) is 0 Å². The quantitative estimate of drug-likeness (QED) is 0.687. The Hall–Kier alpha value is -2.80. The minimum atomic E-state index is -0.286. The second-order valence-electron chi connectivity index (χ2n) is 7.57. The molecule has 28 heavy (non-hydrogen) atoms. The summed E-state index contributed by atoms with van der Waals surface area (Å²) in [4.78, 5) is 37.9. The Bertz CT molecular complexity index is 1060. The number of benzene rings is 1. The zero-order valence-corrected chi connectivity index (χ0v) is 16.4. The van der Waals surface area contributed by atoms with Crippen molar-refractivity contribution in [2.45, 2.75) is 19.3 Å². The molecule has 4 heterocycles. The minimum absolute atomic E-state index is 0.0177. The molecule has 2 aromatic heterocycles. The maximum atomic E-state index is 12.9. The number of aromatic nitrogens is 2. The Kier molecular flexibility index (Phi) is 4.12. The zero-order valence-electron chi connectivity index (χ0n) is 15.5. The van der Waals surface area contributed by atoms with Gasteiger partial charge in [0.15, 0.2) is 5.13 Å². The Labute approximate surface area is 166 Å². The third kappa shape index (κ3) is 2.96. The van der Waals surface area contributed by atoms with Gasteiger partial charge in [-0.25, -0.2) is 4.98 Å². The smallest absolute Gasteiger partial charge is 0.229 e. The fourth-order valence-electron chi connectivity index (χ4n) is 3.91. The van der Waals surface area contributed by atoms with Gasteiger partial charge in [-0.2, -0.15) is 0 Å². The second kappa shape index (κ2) is 6.67. The van der Waals surface area contributed by atoms with Crippen LogP contribution in [0.4, 0.5) is 5.13 Å². The summed E-state index contributed by atoms with van der Waals surface area (Å²) >= 11 is 1.51. The highest BCUT2D eigenvalue weighted by atomic mass is 32.1. The lowest BCUT2D eigenvalue weighted by atomic mass is 9.93. The van der Waals surface area contributed by atoms with E-state index in [2.05, 4.69) is 16.0 Å². The largest absolute Gasteiger partial charge is 0.341 e. The number of hydrogen-bond donors (Lipinski definition) is 0.